The summed E-state index contributed by atoms with van der Waals surface area (Å²) < 4.78 is 12.1. The number of fused-ring (bicyclic) bond motifs is 1. The Hall–Kier alpha value is -3.42. The molecular weight excluding hydrogens is 374 g/mol. The Morgan fingerprint density at radius 1 is 1.17 bits per heavy atom. The quantitative estimate of drug-likeness (QED) is 0.506. The predicted octanol–water partition coefficient (Wildman–Crippen LogP) is 3.19. The van der Waals surface area contributed by atoms with Crippen molar-refractivity contribution in [3.63, 3.8) is 0 Å². The summed E-state index contributed by atoms with van der Waals surface area (Å²) in [6.07, 6.45) is 0.521. The van der Waals surface area contributed by atoms with E-state index in [1.165, 1.54) is 6.92 Å². The minimum atomic E-state index is -1.06. The number of hydrogen-bond acceptors (Lipinski definition) is 6. The second kappa shape index (κ2) is 7.90. The standard InChI is InChI=1S/C21H23N3O5/c1-6-28-21(27)17-12(3)18(22-13(17)4)19(25)14(5)29-20(26)15-10-24-11(2)8-7-9-16(24)23-15/h7-10,14,22H,6H2,1-5H3. The Kier molecular flexibility index (Phi) is 5.54. The Morgan fingerprint density at radius 3 is 2.55 bits per heavy atom. The maximum absolute atomic E-state index is 12.8. The second-order valence-corrected chi connectivity index (χ2v) is 6.78. The van der Waals surface area contributed by atoms with Crippen molar-refractivity contribution in [2.24, 2.45) is 0 Å². The van der Waals surface area contributed by atoms with Crippen molar-refractivity contribution in [3.8, 4) is 0 Å². The summed E-state index contributed by atoms with van der Waals surface area (Å²) in [5.41, 5.74) is 3.19. The molecule has 1 atom stereocenters. The zero-order valence-corrected chi connectivity index (χ0v) is 17.0. The van der Waals surface area contributed by atoms with E-state index in [-0.39, 0.29) is 18.0 Å². The highest BCUT2D eigenvalue weighted by Crippen LogP contribution is 2.21. The smallest absolute Gasteiger partial charge is 0.359 e. The number of imidazole rings is 1. The Labute approximate surface area is 167 Å². The third-order valence-electron chi connectivity index (χ3n) is 4.72. The van der Waals surface area contributed by atoms with E-state index in [9.17, 15) is 14.4 Å². The van der Waals surface area contributed by atoms with Crippen molar-refractivity contribution in [1.29, 1.82) is 0 Å². The second-order valence-electron chi connectivity index (χ2n) is 6.78. The Bertz CT molecular complexity index is 1110. The number of aryl methyl sites for hydroxylation is 2. The third-order valence-corrected chi connectivity index (χ3v) is 4.72. The van der Waals surface area contributed by atoms with Crippen LogP contribution in [0.2, 0.25) is 0 Å². The zero-order valence-electron chi connectivity index (χ0n) is 17.0. The molecule has 8 heteroatoms. The zero-order chi connectivity index (χ0) is 21.3. The molecule has 8 nitrogen and oxygen atoms in total. The number of nitrogens with zero attached hydrogens (tertiary/aromatic N) is 2. The number of aromatic nitrogens is 3. The number of carbonyl (C=O) groups excluding carboxylic acids is 3. The summed E-state index contributed by atoms with van der Waals surface area (Å²) >= 11 is 0. The molecule has 0 bridgehead atoms. The fourth-order valence-electron chi connectivity index (χ4n) is 3.23. The molecule has 0 aliphatic carbocycles. The molecule has 3 aromatic heterocycles. The van der Waals surface area contributed by atoms with Gasteiger partial charge in [-0.2, -0.15) is 0 Å². The summed E-state index contributed by atoms with van der Waals surface area (Å²) in [6.45, 7) is 8.67. The number of pyridine rings is 1. The normalized spacial score (nSPS) is 12.0. The van der Waals surface area contributed by atoms with Gasteiger partial charge in [0, 0.05) is 17.6 Å². The van der Waals surface area contributed by atoms with Gasteiger partial charge in [-0.1, -0.05) is 6.07 Å². The number of ketones is 1. The first-order valence-electron chi connectivity index (χ1n) is 9.30. The number of esters is 2. The molecule has 0 aromatic carbocycles. The van der Waals surface area contributed by atoms with E-state index in [4.69, 9.17) is 9.47 Å². The van der Waals surface area contributed by atoms with Gasteiger partial charge in [-0.25, -0.2) is 14.6 Å². The minimum Gasteiger partial charge on any atom is -0.462 e. The molecule has 0 saturated heterocycles. The fraction of sp³-hybridized carbons (Fsp3) is 0.333. The topological polar surface area (TPSA) is 103 Å². The molecule has 0 saturated carbocycles. The largest absolute Gasteiger partial charge is 0.462 e. The highest BCUT2D eigenvalue weighted by atomic mass is 16.5. The molecule has 152 valence electrons. The van der Waals surface area contributed by atoms with E-state index in [1.807, 2.05) is 19.1 Å². The van der Waals surface area contributed by atoms with Crippen molar-refractivity contribution in [3.05, 3.63) is 58.3 Å². The van der Waals surface area contributed by atoms with Gasteiger partial charge >= 0.3 is 11.9 Å². The number of aromatic amines is 1. The van der Waals surface area contributed by atoms with Crippen LogP contribution in [-0.4, -0.2) is 44.8 Å². The number of rotatable bonds is 6. The van der Waals surface area contributed by atoms with E-state index < -0.39 is 23.8 Å². The van der Waals surface area contributed by atoms with Gasteiger partial charge in [0.05, 0.1) is 17.9 Å². The van der Waals surface area contributed by atoms with Gasteiger partial charge in [0.1, 0.15) is 5.65 Å². The lowest BCUT2D eigenvalue weighted by Crippen LogP contribution is -2.25. The first-order valence-corrected chi connectivity index (χ1v) is 9.30. The number of ether oxygens (including phenoxy) is 2. The molecule has 1 N–H and O–H groups in total. The maximum Gasteiger partial charge on any atom is 0.359 e. The molecule has 0 aliphatic heterocycles. The molecular formula is C21H23N3O5. The summed E-state index contributed by atoms with van der Waals surface area (Å²) in [5, 5.41) is 0. The predicted molar refractivity (Wildman–Crippen MR) is 105 cm³/mol. The first kappa shape index (κ1) is 20.3. The van der Waals surface area contributed by atoms with Gasteiger partial charge < -0.3 is 18.9 Å². The fourth-order valence-corrected chi connectivity index (χ4v) is 3.23. The van der Waals surface area contributed by atoms with Crippen molar-refractivity contribution in [2.45, 2.75) is 40.7 Å². The van der Waals surface area contributed by atoms with Gasteiger partial charge in [-0.05, 0) is 52.3 Å². The number of carbonyl (C=O) groups is 3. The van der Waals surface area contributed by atoms with Crippen LogP contribution in [0.4, 0.5) is 0 Å². The molecule has 0 amide bonds. The first-order chi connectivity index (χ1) is 13.7. The van der Waals surface area contributed by atoms with Crippen LogP contribution in [0.15, 0.2) is 24.4 Å². The van der Waals surface area contributed by atoms with Gasteiger partial charge in [0.25, 0.3) is 0 Å². The Morgan fingerprint density at radius 2 is 1.90 bits per heavy atom. The molecule has 0 aliphatic rings. The molecule has 0 radical (unpaired) electrons. The SMILES string of the molecule is CCOC(=O)c1c(C)[nH]c(C(=O)C(C)OC(=O)c2cn3c(C)cccc3n2)c1C. The van der Waals surface area contributed by atoms with Crippen LogP contribution in [-0.2, 0) is 9.47 Å². The molecule has 3 aromatic rings. The summed E-state index contributed by atoms with van der Waals surface area (Å²) in [6, 6.07) is 5.52. The van der Waals surface area contributed by atoms with E-state index in [0.29, 0.717) is 22.5 Å². The number of hydrogen-bond donors (Lipinski definition) is 1. The highest BCUT2D eigenvalue weighted by molar-refractivity contribution is 6.04. The third kappa shape index (κ3) is 3.78. The van der Waals surface area contributed by atoms with Crippen LogP contribution >= 0.6 is 0 Å². The van der Waals surface area contributed by atoms with Gasteiger partial charge in [-0.15, -0.1) is 0 Å². The van der Waals surface area contributed by atoms with E-state index in [0.717, 1.165) is 5.69 Å². The van der Waals surface area contributed by atoms with Gasteiger partial charge in [-0.3, -0.25) is 4.79 Å². The van der Waals surface area contributed by atoms with Crippen LogP contribution in [0.5, 0.6) is 0 Å². The van der Waals surface area contributed by atoms with Crippen LogP contribution < -0.4 is 0 Å². The van der Waals surface area contributed by atoms with Crippen LogP contribution in [0.25, 0.3) is 5.65 Å². The average Bonchev–Trinajstić information content (AvgIpc) is 3.23. The lowest BCUT2D eigenvalue weighted by Gasteiger charge is -2.11. The number of H-pyrrole nitrogens is 1. The minimum absolute atomic E-state index is 0.116. The number of nitrogens with one attached hydrogen (secondary N) is 1. The van der Waals surface area contributed by atoms with Gasteiger partial charge in [0.2, 0.25) is 5.78 Å². The monoisotopic (exact) mass is 397 g/mol. The summed E-state index contributed by atoms with van der Waals surface area (Å²) in [5.74, 6) is -1.63. The molecule has 0 fully saturated rings. The van der Waals surface area contributed by atoms with Crippen molar-refractivity contribution >= 4 is 23.4 Å². The van der Waals surface area contributed by atoms with Crippen molar-refractivity contribution < 1.29 is 23.9 Å². The average molecular weight is 397 g/mol. The molecule has 3 heterocycles. The van der Waals surface area contributed by atoms with E-state index in [1.54, 1.807) is 37.4 Å². The van der Waals surface area contributed by atoms with E-state index >= 15 is 0 Å². The summed E-state index contributed by atoms with van der Waals surface area (Å²) in [7, 11) is 0. The molecule has 0 spiro atoms. The maximum atomic E-state index is 12.8. The lowest BCUT2D eigenvalue weighted by atomic mass is 10.1. The van der Waals surface area contributed by atoms with Crippen LogP contribution in [0.1, 0.15) is 62.1 Å². The number of Topliss-reactive ketones (excluding diaryl/α,β-unsaturated/α-hetero) is 1. The van der Waals surface area contributed by atoms with Crippen LogP contribution in [0, 0.1) is 20.8 Å². The highest BCUT2D eigenvalue weighted by Gasteiger charge is 2.28. The van der Waals surface area contributed by atoms with Gasteiger partial charge in [0.15, 0.2) is 11.8 Å². The van der Waals surface area contributed by atoms with Crippen LogP contribution in [0.3, 0.4) is 0 Å². The molecule has 1 unspecified atom stereocenters. The summed E-state index contributed by atoms with van der Waals surface area (Å²) in [4.78, 5) is 44.6. The molecule has 29 heavy (non-hydrogen) atoms. The van der Waals surface area contributed by atoms with E-state index in [2.05, 4.69) is 9.97 Å². The Balaban J connectivity index is 1.80. The molecule has 3 rings (SSSR count). The van der Waals surface area contributed by atoms with Crippen molar-refractivity contribution in [1.82, 2.24) is 14.4 Å². The lowest BCUT2D eigenvalue weighted by molar-refractivity contribution is 0.0311. The van der Waals surface area contributed by atoms with Crippen molar-refractivity contribution in [2.75, 3.05) is 6.61 Å².